The molecule has 1 rings (SSSR count). The first-order valence-electron chi connectivity index (χ1n) is 5.79. The highest BCUT2D eigenvalue weighted by Gasteiger charge is 2.19. The average molecular weight is 224 g/mol. The summed E-state index contributed by atoms with van der Waals surface area (Å²) >= 11 is 0. The lowest BCUT2D eigenvalue weighted by Gasteiger charge is -2.31. The fourth-order valence-corrected chi connectivity index (χ4v) is 1.95. The third-order valence-corrected chi connectivity index (χ3v) is 2.84. The lowest BCUT2D eigenvalue weighted by Crippen LogP contribution is -2.48. The van der Waals surface area contributed by atoms with Crippen molar-refractivity contribution in [3.8, 4) is 6.07 Å². The van der Waals surface area contributed by atoms with Gasteiger partial charge in [0.2, 0.25) is 5.91 Å². The number of likely N-dealkylation sites (N-methyl/N-ethyl adjacent to an activating group) is 1. The molecule has 0 spiro atoms. The molecule has 0 saturated carbocycles. The van der Waals surface area contributed by atoms with E-state index in [0.717, 1.165) is 19.5 Å². The second-order valence-electron chi connectivity index (χ2n) is 4.12. The quantitative estimate of drug-likeness (QED) is 0.629. The zero-order chi connectivity index (χ0) is 11.8. The van der Waals surface area contributed by atoms with Gasteiger partial charge in [-0.2, -0.15) is 5.26 Å². The summed E-state index contributed by atoms with van der Waals surface area (Å²) in [6, 6.07) is 2.51. The standard InChI is InChI=1S/C11H20N4O/c1-13-10-4-2-7-15(8-10)9-11(16)14-6-3-5-12/h10,13H,2-4,6-9H2,1H3,(H,14,16). The van der Waals surface area contributed by atoms with Crippen LogP contribution in [0, 0.1) is 11.3 Å². The molecule has 16 heavy (non-hydrogen) atoms. The van der Waals surface area contributed by atoms with Gasteiger partial charge in [0, 0.05) is 19.1 Å². The largest absolute Gasteiger partial charge is 0.354 e. The van der Waals surface area contributed by atoms with Gasteiger partial charge in [-0.3, -0.25) is 9.69 Å². The second kappa shape index (κ2) is 7.20. The number of piperidine rings is 1. The lowest BCUT2D eigenvalue weighted by atomic mass is 10.1. The minimum absolute atomic E-state index is 0.0204. The Balaban J connectivity index is 2.20. The number of nitrogens with zero attached hydrogens (tertiary/aromatic N) is 2. The number of likely N-dealkylation sites (tertiary alicyclic amines) is 1. The number of hydrogen-bond acceptors (Lipinski definition) is 4. The maximum absolute atomic E-state index is 11.5. The Kier molecular flexibility index (Phi) is 5.83. The van der Waals surface area contributed by atoms with Crippen molar-refractivity contribution in [3.05, 3.63) is 0 Å². The highest BCUT2D eigenvalue weighted by atomic mass is 16.2. The predicted molar refractivity (Wildman–Crippen MR) is 61.8 cm³/mol. The second-order valence-corrected chi connectivity index (χ2v) is 4.12. The predicted octanol–water partition coefficient (Wildman–Crippen LogP) is -0.300. The minimum atomic E-state index is 0.0204. The normalized spacial score (nSPS) is 21.4. The van der Waals surface area contributed by atoms with Crippen molar-refractivity contribution in [2.24, 2.45) is 0 Å². The van der Waals surface area contributed by atoms with Crippen LogP contribution in [0.2, 0.25) is 0 Å². The summed E-state index contributed by atoms with van der Waals surface area (Å²) in [7, 11) is 1.96. The molecule has 1 heterocycles. The third kappa shape index (κ3) is 4.60. The van der Waals surface area contributed by atoms with E-state index in [1.165, 1.54) is 6.42 Å². The van der Waals surface area contributed by atoms with Crippen LogP contribution in [0.3, 0.4) is 0 Å². The highest BCUT2D eigenvalue weighted by Crippen LogP contribution is 2.08. The van der Waals surface area contributed by atoms with Crippen molar-refractivity contribution in [2.45, 2.75) is 25.3 Å². The van der Waals surface area contributed by atoms with Crippen LogP contribution in [-0.4, -0.2) is 50.1 Å². The molecule has 1 atom stereocenters. The minimum Gasteiger partial charge on any atom is -0.354 e. The zero-order valence-corrected chi connectivity index (χ0v) is 9.83. The van der Waals surface area contributed by atoms with E-state index < -0.39 is 0 Å². The van der Waals surface area contributed by atoms with Crippen molar-refractivity contribution in [2.75, 3.05) is 33.2 Å². The average Bonchev–Trinajstić information content (AvgIpc) is 2.29. The molecular weight excluding hydrogens is 204 g/mol. The Morgan fingerprint density at radius 2 is 2.44 bits per heavy atom. The Labute approximate surface area is 96.8 Å². The van der Waals surface area contributed by atoms with E-state index in [9.17, 15) is 4.79 Å². The van der Waals surface area contributed by atoms with E-state index in [1.807, 2.05) is 13.1 Å². The molecule has 1 amide bonds. The van der Waals surface area contributed by atoms with Gasteiger partial charge in [-0.05, 0) is 26.4 Å². The number of nitriles is 1. The number of amides is 1. The molecule has 5 nitrogen and oxygen atoms in total. The van der Waals surface area contributed by atoms with Crippen molar-refractivity contribution in [1.82, 2.24) is 15.5 Å². The highest BCUT2D eigenvalue weighted by molar-refractivity contribution is 5.78. The molecule has 1 aliphatic heterocycles. The first kappa shape index (κ1) is 12.9. The molecule has 1 saturated heterocycles. The number of nitrogens with one attached hydrogen (secondary N) is 2. The molecule has 1 unspecified atom stereocenters. The SMILES string of the molecule is CNC1CCCN(CC(=O)NCCC#N)C1. The van der Waals surface area contributed by atoms with E-state index in [0.29, 0.717) is 25.6 Å². The van der Waals surface area contributed by atoms with Gasteiger partial charge in [0.1, 0.15) is 0 Å². The molecule has 0 aliphatic carbocycles. The van der Waals surface area contributed by atoms with Gasteiger partial charge in [0.15, 0.2) is 0 Å². The Bertz CT molecular complexity index is 261. The summed E-state index contributed by atoms with van der Waals surface area (Å²) in [5, 5.41) is 14.3. The van der Waals surface area contributed by atoms with Crippen LogP contribution in [0.25, 0.3) is 0 Å². The molecule has 0 radical (unpaired) electrons. The summed E-state index contributed by atoms with van der Waals surface area (Å²) < 4.78 is 0. The molecule has 1 aliphatic rings. The van der Waals surface area contributed by atoms with Gasteiger partial charge in [-0.1, -0.05) is 0 Å². The molecule has 5 heteroatoms. The summed E-state index contributed by atoms with van der Waals surface area (Å²) in [6.07, 6.45) is 2.70. The molecule has 90 valence electrons. The molecular formula is C11H20N4O. The summed E-state index contributed by atoms with van der Waals surface area (Å²) in [5.41, 5.74) is 0. The monoisotopic (exact) mass is 224 g/mol. The summed E-state index contributed by atoms with van der Waals surface area (Å²) in [4.78, 5) is 13.7. The van der Waals surface area contributed by atoms with Crippen molar-refractivity contribution >= 4 is 5.91 Å². The van der Waals surface area contributed by atoms with Crippen LogP contribution in [0.1, 0.15) is 19.3 Å². The smallest absolute Gasteiger partial charge is 0.234 e. The van der Waals surface area contributed by atoms with Gasteiger partial charge >= 0.3 is 0 Å². The Morgan fingerprint density at radius 3 is 3.12 bits per heavy atom. The van der Waals surface area contributed by atoms with E-state index in [-0.39, 0.29) is 5.91 Å². The fraction of sp³-hybridized carbons (Fsp3) is 0.818. The maximum atomic E-state index is 11.5. The van der Waals surface area contributed by atoms with Gasteiger partial charge < -0.3 is 10.6 Å². The van der Waals surface area contributed by atoms with Crippen LogP contribution in [0.4, 0.5) is 0 Å². The van der Waals surface area contributed by atoms with Gasteiger partial charge in [0.25, 0.3) is 0 Å². The van der Waals surface area contributed by atoms with Crippen LogP contribution in [0.15, 0.2) is 0 Å². The first-order valence-corrected chi connectivity index (χ1v) is 5.79. The molecule has 0 aromatic carbocycles. The van der Waals surface area contributed by atoms with Crippen LogP contribution in [-0.2, 0) is 4.79 Å². The van der Waals surface area contributed by atoms with Crippen molar-refractivity contribution in [1.29, 1.82) is 5.26 Å². The Hall–Kier alpha value is -1.12. The van der Waals surface area contributed by atoms with E-state index in [2.05, 4.69) is 15.5 Å². The Morgan fingerprint density at radius 1 is 1.62 bits per heavy atom. The molecule has 2 N–H and O–H groups in total. The number of carbonyl (C=O) groups excluding carboxylic acids is 1. The fourth-order valence-electron chi connectivity index (χ4n) is 1.95. The number of carbonyl (C=O) groups is 1. The van der Waals surface area contributed by atoms with Gasteiger partial charge in [0.05, 0.1) is 19.0 Å². The molecule has 1 fully saturated rings. The summed E-state index contributed by atoms with van der Waals surface area (Å²) in [6.45, 7) is 2.83. The van der Waals surface area contributed by atoms with E-state index in [1.54, 1.807) is 0 Å². The van der Waals surface area contributed by atoms with Crippen molar-refractivity contribution in [3.63, 3.8) is 0 Å². The van der Waals surface area contributed by atoms with Gasteiger partial charge in [-0.15, -0.1) is 0 Å². The molecule has 0 aromatic rings. The third-order valence-electron chi connectivity index (χ3n) is 2.84. The van der Waals surface area contributed by atoms with Crippen LogP contribution < -0.4 is 10.6 Å². The first-order chi connectivity index (χ1) is 7.76. The number of hydrogen-bond donors (Lipinski definition) is 2. The van der Waals surface area contributed by atoms with E-state index >= 15 is 0 Å². The summed E-state index contributed by atoms with van der Waals surface area (Å²) in [5.74, 6) is 0.0204. The number of rotatable bonds is 5. The van der Waals surface area contributed by atoms with Gasteiger partial charge in [-0.25, -0.2) is 0 Å². The zero-order valence-electron chi connectivity index (χ0n) is 9.83. The molecule has 0 aromatic heterocycles. The molecule has 0 bridgehead atoms. The van der Waals surface area contributed by atoms with E-state index in [4.69, 9.17) is 5.26 Å². The maximum Gasteiger partial charge on any atom is 0.234 e. The van der Waals surface area contributed by atoms with Crippen LogP contribution in [0.5, 0.6) is 0 Å². The lowest BCUT2D eigenvalue weighted by molar-refractivity contribution is -0.122. The van der Waals surface area contributed by atoms with Crippen molar-refractivity contribution < 1.29 is 4.79 Å². The topological polar surface area (TPSA) is 68.2 Å². The van der Waals surface area contributed by atoms with Crippen LogP contribution >= 0.6 is 0 Å².